The van der Waals surface area contributed by atoms with E-state index in [1.165, 1.54) is 18.3 Å². The number of halogens is 5. The van der Waals surface area contributed by atoms with Gasteiger partial charge in [-0.2, -0.15) is 18.4 Å². The summed E-state index contributed by atoms with van der Waals surface area (Å²) in [6, 6.07) is 3.90. The molecule has 0 N–H and O–H groups in total. The Morgan fingerprint density at radius 1 is 1.22 bits per heavy atom. The summed E-state index contributed by atoms with van der Waals surface area (Å²) in [6.45, 7) is 0.662. The van der Waals surface area contributed by atoms with Crippen LogP contribution in [0.5, 0.6) is 5.88 Å². The van der Waals surface area contributed by atoms with Crippen LogP contribution in [0, 0.1) is 5.82 Å². The second-order valence-electron chi connectivity index (χ2n) is 6.42. The van der Waals surface area contributed by atoms with Gasteiger partial charge in [-0.05, 0) is 18.2 Å². The van der Waals surface area contributed by atoms with E-state index in [2.05, 4.69) is 20.3 Å². The third kappa shape index (κ3) is 3.28. The zero-order chi connectivity index (χ0) is 19.4. The van der Waals surface area contributed by atoms with Gasteiger partial charge in [0.05, 0.1) is 5.69 Å². The van der Waals surface area contributed by atoms with E-state index in [4.69, 9.17) is 4.74 Å². The van der Waals surface area contributed by atoms with Gasteiger partial charge in [-0.3, -0.25) is 0 Å². The molecule has 0 aliphatic heterocycles. The first-order valence-corrected chi connectivity index (χ1v) is 7.93. The second-order valence-corrected chi connectivity index (χ2v) is 6.42. The SMILES string of the molecule is CC(F)(F)c1nnc2ccc(-c3cnc(OC4CC(F)(F)C4)c(F)c3)nn12. The normalized spacial score (nSPS) is 17.1. The molecular weight excluding hydrogens is 373 g/mol. The lowest BCUT2D eigenvalue weighted by Gasteiger charge is -2.34. The lowest BCUT2D eigenvalue weighted by atomic mass is 9.91. The fourth-order valence-electron chi connectivity index (χ4n) is 2.72. The number of hydrogen-bond donors (Lipinski definition) is 0. The molecule has 0 radical (unpaired) electrons. The summed E-state index contributed by atoms with van der Waals surface area (Å²) in [5, 5.41) is 11.0. The van der Waals surface area contributed by atoms with Crippen LogP contribution >= 0.6 is 0 Å². The van der Waals surface area contributed by atoms with E-state index in [1.54, 1.807) is 0 Å². The molecule has 11 heteroatoms. The van der Waals surface area contributed by atoms with Crippen molar-refractivity contribution in [2.24, 2.45) is 0 Å². The van der Waals surface area contributed by atoms with Crippen LogP contribution < -0.4 is 4.74 Å². The first kappa shape index (κ1) is 17.6. The Balaban J connectivity index is 1.62. The van der Waals surface area contributed by atoms with Crippen molar-refractivity contribution in [2.45, 2.75) is 37.7 Å². The molecule has 1 fully saturated rings. The molecular formula is C16H12F5N5O. The first-order valence-electron chi connectivity index (χ1n) is 7.93. The summed E-state index contributed by atoms with van der Waals surface area (Å²) in [4.78, 5) is 3.79. The van der Waals surface area contributed by atoms with Gasteiger partial charge in [0.25, 0.3) is 11.8 Å². The summed E-state index contributed by atoms with van der Waals surface area (Å²) in [5.41, 5.74) is 0.454. The summed E-state index contributed by atoms with van der Waals surface area (Å²) < 4.78 is 73.0. The quantitative estimate of drug-likeness (QED) is 0.642. The molecule has 4 rings (SSSR count). The molecule has 0 saturated heterocycles. The van der Waals surface area contributed by atoms with E-state index in [0.717, 1.165) is 10.6 Å². The molecule has 0 unspecified atom stereocenters. The van der Waals surface area contributed by atoms with E-state index in [1.807, 2.05) is 0 Å². The number of pyridine rings is 1. The van der Waals surface area contributed by atoms with Crippen molar-refractivity contribution in [1.29, 1.82) is 0 Å². The average molecular weight is 385 g/mol. The zero-order valence-electron chi connectivity index (χ0n) is 13.8. The lowest BCUT2D eigenvalue weighted by Crippen LogP contribution is -2.43. The fraction of sp³-hybridized carbons (Fsp3) is 0.375. The number of rotatable bonds is 4. The molecule has 6 nitrogen and oxygen atoms in total. The van der Waals surface area contributed by atoms with Crippen molar-refractivity contribution in [3.63, 3.8) is 0 Å². The first-order chi connectivity index (χ1) is 12.6. The Kier molecular flexibility index (Phi) is 3.79. The Bertz CT molecular complexity index is 1010. The smallest absolute Gasteiger partial charge is 0.305 e. The third-order valence-electron chi connectivity index (χ3n) is 4.09. The highest BCUT2D eigenvalue weighted by molar-refractivity contribution is 5.59. The van der Waals surface area contributed by atoms with Crippen LogP contribution in [0.4, 0.5) is 22.0 Å². The van der Waals surface area contributed by atoms with Gasteiger partial charge in [0.15, 0.2) is 11.5 Å². The van der Waals surface area contributed by atoms with E-state index in [0.29, 0.717) is 6.92 Å². The van der Waals surface area contributed by atoms with Crippen molar-refractivity contribution in [3.05, 3.63) is 36.0 Å². The Hall–Kier alpha value is -2.85. The number of hydrogen-bond acceptors (Lipinski definition) is 5. The highest BCUT2D eigenvalue weighted by Crippen LogP contribution is 2.40. The molecule has 0 amide bonds. The largest absolute Gasteiger partial charge is 0.472 e. The summed E-state index contributed by atoms with van der Waals surface area (Å²) in [6.07, 6.45) is -0.558. The molecule has 1 aliphatic carbocycles. The highest BCUT2D eigenvalue weighted by atomic mass is 19.3. The van der Waals surface area contributed by atoms with Crippen molar-refractivity contribution in [2.75, 3.05) is 0 Å². The number of fused-ring (bicyclic) bond motifs is 1. The van der Waals surface area contributed by atoms with Crippen LogP contribution in [-0.4, -0.2) is 36.8 Å². The molecule has 0 bridgehead atoms. The molecule has 27 heavy (non-hydrogen) atoms. The summed E-state index contributed by atoms with van der Waals surface area (Å²) in [7, 11) is 0. The van der Waals surface area contributed by atoms with Gasteiger partial charge >= 0.3 is 5.92 Å². The molecule has 0 spiro atoms. The highest BCUT2D eigenvalue weighted by Gasteiger charge is 2.47. The van der Waals surface area contributed by atoms with E-state index in [-0.39, 0.29) is 16.9 Å². The van der Waals surface area contributed by atoms with E-state index < -0.39 is 48.3 Å². The molecule has 0 atom stereocenters. The van der Waals surface area contributed by atoms with Crippen LogP contribution in [0.25, 0.3) is 16.9 Å². The van der Waals surface area contributed by atoms with Crippen molar-refractivity contribution < 1.29 is 26.7 Å². The third-order valence-corrected chi connectivity index (χ3v) is 4.09. The summed E-state index contributed by atoms with van der Waals surface area (Å²) in [5.74, 6) is -7.98. The number of aromatic nitrogens is 5. The van der Waals surface area contributed by atoms with Crippen LogP contribution in [0.2, 0.25) is 0 Å². The molecule has 142 valence electrons. The predicted molar refractivity (Wildman–Crippen MR) is 82.1 cm³/mol. The molecule has 3 heterocycles. The zero-order valence-corrected chi connectivity index (χ0v) is 13.8. The van der Waals surface area contributed by atoms with E-state index >= 15 is 0 Å². The van der Waals surface area contributed by atoms with Crippen LogP contribution in [0.1, 0.15) is 25.6 Å². The van der Waals surface area contributed by atoms with Crippen LogP contribution in [-0.2, 0) is 5.92 Å². The van der Waals surface area contributed by atoms with Gasteiger partial charge in [0.2, 0.25) is 5.82 Å². The fourth-order valence-corrected chi connectivity index (χ4v) is 2.72. The Morgan fingerprint density at radius 3 is 2.59 bits per heavy atom. The minimum atomic E-state index is -3.27. The molecule has 0 aromatic carbocycles. The van der Waals surface area contributed by atoms with Crippen molar-refractivity contribution in [3.8, 4) is 17.1 Å². The average Bonchev–Trinajstić information content (AvgIpc) is 2.98. The molecule has 1 aliphatic rings. The molecule has 3 aromatic heterocycles. The number of nitrogens with zero attached hydrogens (tertiary/aromatic N) is 5. The second kappa shape index (κ2) is 5.83. The van der Waals surface area contributed by atoms with E-state index in [9.17, 15) is 22.0 Å². The Morgan fingerprint density at radius 2 is 1.96 bits per heavy atom. The molecule has 3 aromatic rings. The van der Waals surface area contributed by atoms with Gasteiger partial charge in [0.1, 0.15) is 6.10 Å². The summed E-state index contributed by atoms with van der Waals surface area (Å²) >= 11 is 0. The van der Waals surface area contributed by atoms with Crippen molar-refractivity contribution >= 4 is 5.65 Å². The maximum Gasteiger partial charge on any atom is 0.305 e. The minimum Gasteiger partial charge on any atom is -0.472 e. The van der Waals surface area contributed by atoms with Gasteiger partial charge < -0.3 is 4.74 Å². The topological polar surface area (TPSA) is 65.2 Å². The maximum atomic E-state index is 14.2. The van der Waals surface area contributed by atoms with Crippen LogP contribution in [0.3, 0.4) is 0 Å². The lowest BCUT2D eigenvalue weighted by molar-refractivity contribution is -0.136. The Labute approximate surface area is 149 Å². The number of ether oxygens (including phenoxy) is 1. The predicted octanol–water partition coefficient (Wildman–Crippen LogP) is 3.61. The number of alkyl halides is 4. The van der Waals surface area contributed by atoms with Gasteiger partial charge in [-0.15, -0.1) is 10.2 Å². The maximum absolute atomic E-state index is 14.2. The van der Waals surface area contributed by atoms with Crippen molar-refractivity contribution in [1.82, 2.24) is 24.8 Å². The van der Waals surface area contributed by atoms with Gasteiger partial charge in [0, 0.05) is 31.5 Å². The minimum absolute atomic E-state index is 0.106. The van der Waals surface area contributed by atoms with Crippen LogP contribution in [0.15, 0.2) is 24.4 Å². The molecule has 1 saturated carbocycles. The van der Waals surface area contributed by atoms with Gasteiger partial charge in [-0.1, -0.05) is 0 Å². The standard InChI is InChI=1S/C16H12F5N5O/c1-15(18,19)14-24-23-12-3-2-11(25-26(12)14)8-4-10(17)13(22-7-8)27-9-5-16(20,21)6-9/h2-4,7,9H,5-6H2,1H3. The van der Waals surface area contributed by atoms with Gasteiger partial charge in [-0.25, -0.2) is 18.2 Å². The monoisotopic (exact) mass is 385 g/mol.